The molecule has 8 heteroatoms. The van der Waals surface area contributed by atoms with Crippen molar-refractivity contribution in [2.75, 3.05) is 19.6 Å². The normalized spacial score (nSPS) is 17.2. The van der Waals surface area contributed by atoms with Gasteiger partial charge in [0.15, 0.2) is 5.03 Å². The van der Waals surface area contributed by atoms with E-state index >= 15 is 0 Å². The van der Waals surface area contributed by atoms with Crippen LogP contribution in [-0.4, -0.2) is 42.9 Å². The standard InChI is InChI=1S/C16H21FN4O2S/c17-15-3-1-14(2-4-15)11-21-7-5-13(6-8-21)9-20-24(22,23)16-10-18-12-19-16/h1-4,10,12-13,20H,5-9,11H2,(H,18,19). The summed E-state index contributed by atoms with van der Waals surface area (Å²) < 4.78 is 39.7. The molecule has 1 aromatic carbocycles. The summed E-state index contributed by atoms with van der Waals surface area (Å²) in [5.41, 5.74) is 1.09. The predicted octanol–water partition coefficient (Wildman–Crippen LogP) is 1.74. The van der Waals surface area contributed by atoms with Crippen LogP contribution in [0.2, 0.25) is 0 Å². The van der Waals surface area contributed by atoms with Crippen LogP contribution in [0.1, 0.15) is 18.4 Å². The topological polar surface area (TPSA) is 78.1 Å². The maximum absolute atomic E-state index is 12.9. The van der Waals surface area contributed by atoms with Gasteiger partial charge < -0.3 is 4.98 Å². The van der Waals surface area contributed by atoms with Crippen molar-refractivity contribution in [3.05, 3.63) is 48.2 Å². The van der Waals surface area contributed by atoms with Crippen molar-refractivity contribution in [3.8, 4) is 0 Å². The van der Waals surface area contributed by atoms with Crippen molar-refractivity contribution in [2.24, 2.45) is 5.92 Å². The Kier molecular flexibility index (Phi) is 5.27. The first-order valence-corrected chi connectivity index (χ1v) is 9.46. The van der Waals surface area contributed by atoms with Gasteiger partial charge in [0.2, 0.25) is 0 Å². The molecule has 0 unspecified atom stereocenters. The van der Waals surface area contributed by atoms with E-state index in [0.29, 0.717) is 12.5 Å². The Morgan fingerprint density at radius 1 is 1.25 bits per heavy atom. The molecule has 0 spiro atoms. The van der Waals surface area contributed by atoms with Gasteiger partial charge in [-0.2, -0.15) is 0 Å². The summed E-state index contributed by atoms with van der Waals surface area (Å²) in [6, 6.07) is 6.57. The maximum atomic E-state index is 12.9. The Balaban J connectivity index is 1.44. The quantitative estimate of drug-likeness (QED) is 0.830. The fraction of sp³-hybridized carbons (Fsp3) is 0.438. The first-order chi connectivity index (χ1) is 11.5. The van der Waals surface area contributed by atoms with E-state index in [1.165, 1.54) is 24.7 Å². The van der Waals surface area contributed by atoms with Crippen LogP contribution in [0.3, 0.4) is 0 Å². The number of imidazole rings is 1. The maximum Gasteiger partial charge on any atom is 0.257 e. The minimum atomic E-state index is -3.50. The fourth-order valence-corrected chi connectivity index (χ4v) is 3.91. The monoisotopic (exact) mass is 352 g/mol. The van der Waals surface area contributed by atoms with Gasteiger partial charge in [0.25, 0.3) is 10.0 Å². The molecule has 0 bridgehead atoms. The van der Waals surface area contributed by atoms with Crippen molar-refractivity contribution in [1.29, 1.82) is 0 Å². The molecule has 2 aromatic rings. The van der Waals surface area contributed by atoms with Crippen molar-refractivity contribution in [1.82, 2.24) is 19.6 Å². The van der Waals surface area contributed by atoms with Crippen LogP contribution >= 0.6 is 0 Å². The van der Waals surface area contributed by atoms with Gasteiger partial charge in [0.05, 0.1) is 12.5 Å². The number of hydrogen-bond acceptors (Lipinski definition) is 4. The predicted molar refractivity (Wildman–Crippen MR) is 88.2 cm³/mol. The van der Waals surface area contributed by atoms with Crippen molar-refractivity contribution in [3.63, 3.8) is 0 Å². The third-order valence-corrected chi connectivity index (χ3v) is 5.70. The van der Waals surface area contributed by atoms with E-state index in [0.717, 1.165) is 38.0 Å². The molecule has 0 saturated carbocycles. The SMILES string of the molecule is O=S(=O)(NCC1CCN(Cc2ccc(F)cc2)CC1)c1cnc[nH]1. The molecule has 2 heterocycles. The number of likely N-dealkylation sites (tertiary alicyclic amines) is 1. The summed E-state index contributed by atoms with van der Waals surface area (Å²) in [6.07, 6.45) is 4.52. The summed E-state index contributed by atoms with van der Waals surface area (Å²) in [4.78, 5) is 8.65. The van der Waals surface area contributed by atoms with E-state index in [9.17, 15) is 12.8 Å². The molecule has 0 radical (unpaired) electrons. The summed E-state index contributed by atoms with van der Waals surface area (Å²) in [7, 11) is -3.50. The molecule has 1 fully saturated rings. The molecule has 1 saturated heterocycles. The molecule has 0 atom stereocenters. The second kappa shape index (κ2) is 7.42. The molecule has 0 amide bonds. The number of nitrogens with zero attached hydrogens (tertiary/aromatic N) is 2. The number of nitrogens with one attached hydrogen (secondary N) is 2. The third kappa shape index (κ3) is 4.40. The molecular formula is C16H21FN4O2S. The molecule has 1 aromatic heterocycles. The first-order valence-electron chi connectivity index (χ1n) is 7.98. The van der Waals surface area contributed by atoms with Gasteiger partial charge in [0.1, 0.15) is 5.82 Å². The number of hydrogen-bond donors (Lipinski definition) is 2. The summed E-state index contributed by atoms with van der Waals surface area (Å²) in [5, 5.41) is 0.0937. The van der Waals surface area contributed by atoms with Gasteiger partial charge in [-0.1, -0.05) is 12.1 Å². The van der Waals surface area contributed by atoms with E-state index in [-0.39, 0.29) is 10.8 Å². The minimum absolute atomic E-state index is 0.0937. The highest BCUT2D eigenvalue weighted by Crippen LogP contribution is 2.19. The number of benzene rings is 1. The lowest BCUT2D eigenvalue weighted by Gasteiger charge is -2.32. The number of rotatable bonds is 6. The Morgan fingerprint density at radius 2 is 1.96 bits per heavy atom. The zero-order chi connectivity index (χ0) is 17.0. The Morgan fingerprint density at radius 3 is 2.58 bits per heavy atom. The highest BCUT2D eigenvalue weighted by Gasteiger charge is 2.22. The second-order valence-corrected chi connectivity index (χ2v) is 7.85. The van der Waals surface area contributed by atoms with Crippen LogP contribution in [-0.2, 0) is 16.6 Å². The van der Waals surface area contributed by atoms with Gasteiger partial charge in [0, 0.05) is 13.1 Å². The number of piperidine rings is 1. The van der Waals surface area contributed by atoms with Gasteiger partial charge in [-0.25, -0.2) is 22.5 Å². The zero-order valence-corrected chi connectivity index (χ0v) is 14.1. The van der Waals surface area contributed by atoms with E-state index in [4.69, 9.17) is 0 Å². The number of halogens is 1. The lowest BCUT2D eigenvalue weighted by atomic mass is 9.97. The number of sulfonamides is 1. The molecular weight excluding hydrogens is 331 g/mol. The first kappa shape index (κ1) is 17.1. The summed E-state index contributed by atoms with van der Waals surface area (Å²) >= 11 is 0. The second-order valence-electron chi connectivity index (χ2n) is 6.11. The van der Waals surface area contributed by atoms with Crippen molar-refractivity contribution >= 4 is 10.0 Å². The van der Waals surface area contributed by atoms with Gasteiger partial charge in [-0.05, 0) is 49.5 Å². The number of aromatic amines is 1. The van der Waals surface area contributed by atoms with Crippen LogP contribution in [0.5, 0.6) is 0 Å². The fourth-order valence-electron chi connectivity index (χ4n) is 2.89. The zero-order valence-electron chi connectivity index (χ0n) is 13.3. The molecule has 0 aliphatic carbocycles. The van der Waals surface area contributed by atoms with Crippen LogP contribution in [0.25, 0.3) is 0 Å². The van der Waals surface area contributed by atoms with Crippen molar-refractivity contribution < 1.29 is 12.8 Å². The molecule has 1 aliphatic rings. The molecule has 1 aliphatic heterocycles. The van der Waals surface area contributed by atoms with E-state index < -0.39 is 10.0 Å². The summed E-state index contributed by atoms with van der Waals surface area (Å²) in [5.74, 6) is 0.106. The molecule has 2 N–H and O–H groups in total. The lowest BCUT2D eigenvalue weighted by Crippen LogP contribution is -2.38. The van der Waals surface area contributed by atoms with Crippen LogP contribution in [0, 0.1) is 11.7 Å². The van der Waals surface area contributed by atoms with Crippen molar-refractivity contribution in [2.45, 2.75) is 24.4 Å². The van der Waals surface area contributed by atoms with Crippen LogP contribution < -0.4 is 4.72 Å². The average molecular weight is 352 g/mol. The minimum Gasteiger partial charge on any atom is -0.335 e. The molecule has 130 valence electrons. The molecule has 24 heavy (non-hydrogen) atoms. The lowest BCUT2D eigenvalue weighted by molar-refractivity contribution is 0.178. The third-order valence-electron chi connectivity index (χ3n) is 4.35. The number of aromatic nitrogens is 2. The van der Waals surface area contributed by atoms with E-state index in [2.05, 4.69) is 19.6 Å². The van der Waals surface area contributed by atoms with Gasteiger partial charge in [-0.15, -0.1) is 0 Å². The molecule has 3 rings (SSSR count). The van der Waals surface area contributed by atoms with Gasteiger partial charge in [-0.3, -0.25) is 4.90 Å². The van der Waals surface area contributed by atoms with E-state index in [1.807, 2.05) is 0 Å². The summed E-state index contributed by atoms with van der Waals surface area (Å²) in [6.45, 7) is 3.06. The van der Waals surface area contributed by atoms with Crippen LogP contribution in [0.15, 0.2) is 41.8 Å². The Labute approximate surface area is 141 Å². The Bertz CT molecular complexity index is 739. The highest BCUT2D eigenvalue weighted by molar-refractivity contribution is 7.89. The van der Waals surface area contributed by atoms with E-state index in [1.54, 1.807) is 12.1 Å². The molecule has 6 nitrogen and oxygen atoms in total. The number of H-pyrrole nitrogens is 1. The largest absolute Gasteiger partial charge is 0.335 e. The van der Waals surface area contributed by atoms with Crippen LogP contribution in [0.4, 0.5) is 4.39 Å². The smallest absolute Gasteiger partial charge is 0.257 e. The average Bonchev–Trinajstić information content (AvgIpc) is 3.12. The van der Waals surface area contributed by atoms with Gasteiger partial charge >= 0.3 is 0 Å². The highest BCUT2D eigenvalue weighted by atomic mass is 32.2. The Hall–Kier alpha value is -1.77.